The van der Waals surface area contributed by atoms with Gasteiger partial charge in [0.1, 0.15) is 0 Å². The number of benzene rings is 2. The zero-order chi connectivity index (χ0) is 22.8. The molecule has 6 heteroatoms. The second-order valence-corrected chi connectivity index (χ2v) is 7.57. The van der Waals surface area contributed by atoms with E-state index in [1.165, 1.54) is 0 Å². The molecule has 0 unspecified atom stereocenters. The summed E-state index contributed by atoms with van der Waals surface area (Å²) in [6.07, 6.45) is 3.35. The predicted octanol–water partition coefficient (Wildman–Crippen LogP) is 5.37. The zero-order valence-corrected chi connectivity index (χ0v) is 18.3. The fraction of sp³-hybridized carbons (Fsp3) is 0.0741. The minimum Gasteiger partial charge on any atom is -0.481 e. The number of rotatable bonds is 5. The Morgan fingerprint density at radius 3 is 2.39 bits per heavy atom. The van der Waals surface area contributed by atoms with Crippen LogP contribution < -0.4 is 15.6 Å². The van der Waals surface area contributed by atoms with Crippen LogP contribution in [-0.2, 0) is 0 Å². The van der Waals surface area contributed by atoms with Crippen molar-refractivity contribution in [1.29, 1.82) is 0 Å². The van der Waals surface area contributed by atoms with Crippen LogP contribution >= 0.6 is 0 Å². The normalized spacial score (nSPS) is 10.8. The number of aromatic nitrogens is 3. The van der Waals surface area contributed by atoms with Gasteiger partial charge >= 0.3 is 0 Å². The SMILES string of the molecule is CNc1ccc(-c2nc3c(-c4cccnc4OC)c[nH]c(=O)c3cc2-c2ccccc2)cc1. The van der Waals surface area contributed by atoms with E-state index in [1.54, 1.807) is 19.5 Å². The molecule has 0 aliphatic heterocycles. The Balaban J connectivity index is 1.85. The molecule has 2 N–H and O–H groups in total. The van der Waals surface area contributed by atoms with Crippen LogP contribution in [-0.4, -0.2) is 29.1 Å². The fourth-order valence-corrected chi connectivity index (χ4v) is 3.99. The van der Waals surface area contributed by atoms with E-state index < -0.39 is 0 Å². The van der Waals surface area contributed by atoms with Gasteiger partial charge in [-0.1, -0.05) is 42.5 Å². The Morgan fingerprint density at radius 2 is 1.67 bits per heavy atom. The number of H-pyrrole nitrogens is 1. The number of methoxy groups -OCH3 is 1. The quantitative estimate of drug-likeness (QED) is 0.389. The van der Waals surface area contributed by atoms with Gasteiger partial charge in [-0.2, -0.15) is 0 Å². The van der Waals surface area contributed by atoms with Gasteiger partial charge in [0.05, 0.1) is 23.7 Å². The highest BCUT2D eigenvalue weighted by Gasteiger charge is 2.18. The van der Waals surface area contributed by atoms with Gasteiger partial charge in [0.25, 0.3) is 5.56 Å². The first-order valence-electron chi connectivity index (χ1n) is 10.6. The highest BCUT2D eigenvalue weighted by Crippen LogP contribution is 2.37. The van der Waals surface area contributed by atoms with Crippen molar-refractivity contribution in [3.05, 3.63) is 95.5 Å². The third kappa shape index (κ3) is 3.72. The van der Waals surface area contributed by atoms with E-state index in [0.29, 0.717) is 16.8 Å². The number of hydrogen-bond acceptors (Lipinski definition) is 5. The Bertz CT molecular complexity index is 1490. The van der Waals surface area contributed by atoms with E-state index in [2.05, 4.69) is 15.3 Å². The summed E-state index contributed by atoms with van der Waals surface area (Å²) >= 11 is 0. The molecular formula is C27H22N4O2. The molecule has 33 heavy (non-hydrogen) atoms. The third-order valence-corrected chi connectivity index (χ3v) is 5.66. The summed E-state index contributed by atoms with van der Waals surface area (Å²) in [4.78, 5) is 25.1. The molecule has 162 valence electrons. The van der Waals surface area contributed by atoms with Gasteiger partial charge < -0.3 is 15.0 Å². The molecule has 0 aliphatic rings. The van der Waals surface area contributed by atoms with Crippen molar-refractivity contribution in [1.82, 2.24) is 15.0 Å². The standard InChI is InChI=1S/C27H22N4O2/c1-28-19-12-10-18(11-13-19)24-21(17-7-4-3-5-8-17)15-22-25(31-24)23(16-30-26(22)32)20-9-6-14-29-27(20)33-2/h3-16,28H,1-2H3,(H,30,32). The minimum atomic E-state index is -0.196. The van der Waals surface area contributed by atoms with Crippen molar-refractivity contribution in [2.24, 2.45) is 0 Å². The second-order valence-electron chi connectivity index (χ2n) is 7.57. The van der Waals surface area contributed by atoms with E-state index in [-0.39, 0.29) is 5.56 Å². The van der Waals surface area contributed by atoms with Crippen molar-refractivity contribution >= 4 is 16.6 Å². The molecule has 3 heterocycles. The summed E-state index contributed by atoms with van der Waals surface area (Å²) in [5.74, 6) is 0.472. The van der Waals surface area contributed by atoms with Crippen LogP contribution in [0.15, 0.2) is 90.0 Å². The molecular weight excluding hydrogens is 412 g/mol. The molecule has 0 aliphatic carbocycles. The van der Waals surface area contributed by atoms with Crippen LogP contribution in [0.5, 0.6) is 5.88 Å². The summed E-state index contributed by atoms with van der Waals surface area (Å²) in [6, 6.07) is 23.7. The van der Waals surface area contributed by atoms with Crippen molar-refractivity contribution in [2.45, 2.75) is 0 Å². The number of nitrogens with one attached hydrogen (secondary N) is 2. The first-order chi connectivity index (χ1) is 16.2. The first-order valence-corrected chi connectivity index (χ1v) is 10.6. The van der Waals surface area contributed by atoms with Crippen molar-refractivity contribution in [2.75, 3.05) is 19.5 Å². The van der Waals surface area contributed by atoms with Crippen molar-refractivity contribution < 1.29 is 4.74 Å². The number of anilines is 1. The van der Waals surface area contributed by atoms with E-state index in [1.807, 2.05) is 79.8 Å². The topological polar surface area (TPSA) is 79.9 Å². The summed E-state index contributed by atoms with van der Waals surface area (Å²) in [7, 11) is 3.47. The first kappa shape index (κ1) is 20.5. The number of nitrogens with zero attached hydrogens (tertiary/aromatic N) is 2. The molecule has 5 aromatic rings. The van der Waals surface area contributed by atoms with E-state index in [9.17, 15) is 4.79 Å². The van der Waals surface area contributed by atoms with Crippen LogP contribution in [0.25, 0.3) is 44.4 Å². The molecule has 0 bridgehead atoms. The van der Waals surface area contributed by atoms with E-state index in [4.69, 9.17) is 9.72 Å². The molecule has 0 radical (unpaired) electrons. The van der Waals surface area contributed by atoms with Crippen LogP contribution in [0.4, 0.5) is 5.69 Å². The molecule has 0 saturated heterocycles. The van der Waals surface area contributed by atoms with Crippen LogP contribution in [0.2, 0.25) is 0 Å². The summed E-state index contributed by atoms with van der Waals surface area (Å²) in [5.41, 5.74) is 6.56. The number of pyridine rings is 3. The van der Waals surface area contributed by atoms with E-state index in [0.717, 1.165) is 39.2 Å². The average Bonchev–Trinajstić information content (AvgIpc) is 2.89. The molecule has 0 fully saturated rings. The number of aromatic amines is 1. The van der Waals surface area contributed by atoms with Gasteiger partial charge in [-0.3, -0.25) is 4.79 Å². The van der Waals surface area contributed by atoms with E-state index >= 15 is 0 Å². The summed E-state index contributed by atoms with van der Waals surface area (Å²) < 4.78 is 5.47. The molecule has 6 nitrogen and oxygen atoms in total. The zero-order valence-electron chi connectivity index (χ0n) is 18.3. The van der Waals surface area contributed by atoms with Gasteiger partial charge in [-0.15, -0.1) is 0 Å². The lowest BCUT2D eigenvalue weighted by Gasteiger charge is -2.14. The Kier molecular flexibility index (Phi) is 5.32. The Labute approximate surface area is 190 Å². The lowest BCUT2D eigenvalue weighted by molar-refractivity contribution is 0.399. The Morgan fingerprint density at radius 1 is 0.879 bits per heavy atom. The lowest BCUT2D eigenvalue weighted by Crippen LogP contribution is -2.08. The molecule has 0 amide bonds. The largest absolute Gasteiger partial charge is 0.481 e. The number of ether oxygens (including phenoxy) is 1. The monoisotopic (exact) mass is 434 g/mol. The maximum atomic E-state index is 12.9. The van der Waals surface area contributed by atoms with Gasteiger partial charge in [0, 0.05) is 47.4 Å². The predicted molar refractivity (Wildman–Crippen MR) is 133 cm³/mol. The molecule has 3 aromatic heterocycles. The maximum absolute atomic E-state index is 12.9. The van der Waals surface area contributed by atoms with Gasteiger partial charge in [-0.05, 0) is 35.9 Å². The van der Waals surface area contributed by atoms with Crippen molar-refractivity contribution in [3.8, 4) is 39.4 Å². The second kappa shape index (κ2) is 8.59. The molecule has 0 saturated carbocycles. The fourth-order valence-electron chi connectivity index (χ4n) is 3.99. The maximum Gasteiger partial charge on any atom is 0.257 e. The highest BCUT2D eigenvalue weighted by atomic mass is 16.5. The Hall–Kier alpha value is -4.45. The summed E-state index contributed by atoms with van der Waals surface area (Å²) in [6.45, 7) is 0. The van der Waals surface area contributed by atoms with Gasteiger partial charge in [-0.25, -0.2) is 9.97 Å². The van der Waals surface area contributed by atoms with Crippen LogP contribution in [0.3, 0.4) is 0 Å². The minimum absolute atomic E-state index is 0.196. The van der Waals surface area contributed by atoms with Crippen LogP contribution in [0.1, 0.15) is 0 Å². The smallest absolute Gasteiger partial charge is 0.257 e. The molecule has 0 atom stereocenters. The molecule has 5 rings (SSSR count). The highest BCUT2D eigenvalue weighted by molar-refractivity contribution is 5.99. The molecule has 0 spiro atoms. The lowest BCUT2D eigenvalue weighted by atomic mass is 9.96. The number of hydrogen-bond donors (Lipinski definition) is 2. The number of fused-ring (bicyclic) bond motifs is 1. The summed E-state index contributed by atoms with van der Waals surface area (Å²) in [5, 5.41) is 3.65. The van der Waals surface area contributed by atoms with Gasteiger partial charge in [0.2, 0.25) is 5.88 Å². The third-order valence-electron chi connectivity index (χ3n) is 5.66. The van der Waals surface area contributed by atoms with Crippen LogP contribution in [0, 0.1) is 0 Å². The molecule has 2 aromatic carbocycles. The van der Waals surface area contributed by atoms with Gasteiger partial charge in [0.15, 0.2) is 0 Å². The average molecular weight is 434 g/mol. The van der Waals surface area contributed by atoms with Crippen molar-refractivity contribution in [3.63, 3.8) is 0 Å².